The molecule has 0 atom stereocenters. The predicted molar refractivity (Wildman–Crippen MR) is 74.8 cm³/mol. The van der Waals surface area contributed by atoms with Crippen LogP contribution in [0.1, 0.15) is 15.9 Å². The van der Waals surface area contributed by atoms with E-state index >= 15 is 0 Å². The van der Waals surface area contributed by atoms with E-state index in [1.165, 1.54) is 0 Å². The van der Waals surface area contributed by atoms with E-state index < -0.39 is 23.2 Å². The highest BCUT2D eigenvalue weighted by Crippen LogP contribution is 2.22. The molecule has 0 bridgehead atoms. The number of nitrogens with one attached hydrogen (secondary N) is 1. The molecular weight excluding hydrogens is 332 g/mol. The summed E-state index contributed by atoms with van der Waals surface area (Å²) in [7, 11) is 0. The van der Waals surface area contributed by atoms with Crippen LogP contribution in [0.3, 0.4) is 0 Å². The first-order valence-electron chi connectivity index (χ1n) is 5.68. The SMILES string of the molecule is O=C(O)c1cc(F)c(NCc2cccc(Br)c2)c(F)c1. The Balaban J connectivity index is 2.20. The Kier molecular flexibility index (Phi) is 4.34. The number of carbonyl (C=O) groups is 1. The van der Waals surface area contributed by atoms with Crippen molar-refractivity contribution in [3.63, 3.8) is 0 Å². The maximum absolute atomic E-state index is 13.7. The summed E-state index contributed by atoms with van der Waals surface area (Å²) in [5, 5.41) is 11.3. The summed E-state index contributed by atoms with van der Waals surface area (Å²) < 4.78 is 28.2. The summed E-state index contributed by atoms with van der Waals surface area (Å²) in [5.41, 5.74) is 0.0727. The highest BCUT2D eigenvalue weighted by atomic mass is 79.9. The second-order valence-corrected chi connectivity index (χ2v) is 5.02. The van der Waals surface area contributed by atoms with Crippen molar-refractivity contribution in [2.75, 3.05) is 5.32 Å². The first-order valence-corrected chi connectivity index (χ1v) is 6.47. The number of carboxylic acids is 1. The predicted octanol–water partition coefficient (Wildman–Crippen LogP) is 4.04. The zero-order chi connectivity index (χ0) is 14.7. The number of anilines is 1. The lowest BCUT2D eigenvalue weighted by Crippen LogP contribution is -2.06. The van der Waals surface area contributed by atoms with Gasteiger partial charge >= 0.3 is 5.97 Å². The van der Waals surface area contributed by atoms with Gasteiger partial charge in [0.25, 0.3) is 0 Å². The molecule has 0 saturated heterocycles. The number of hydrogen-bond acceptors (Lipinski definition) is 2. The largest absolute Gasteiger partial charge is 0.478 e. The van der Waals surface area contributed by atoms with Crippen LogP contribution in [-0.2, 0) is 6.54 Å². The lowest BCUT2D eigenvalue weighted by atomic mass is 10.1. The Morgan fingerprint density at radius 3 is 2.40 bits per heavy atom. The molecule has 2 aromatic rings. The number of aromatic carboxylic acids is 1. The molecule has 0 aromatic heterocycles. The van der Waals surface area contributed by atoms with E-state index in [2.05, 4.69) is 21.2 Å². The standard InChI is InChI=1S/C14H10BrF2NO2/c15-10-3-1-2-8(4-10)7-18-13-11(16)5-9(14(19)20)6-12(13)17/h1-6,18H,7H2,(H,19,20). The number of carboxylic acid groups (broad SMARTS) is 1. The van der Waals surface area contributed by atoms with Crippen molar-refractivity contribution in [1.29, 1.82) is 0 Å². The van der Waals surface area contributed by atoms with Crippen LogP contribution in [0.15, 0.2) is 40.9 Å². The minimum absolute atomic E-state index is 0.222. The van der Waals surface area contributed by atoms with E-state index in [9.17, 15) is 13.6 Å². The van der Waals surface area contributed by atoms with E-state index in [0.717, 1.165) is 22.2 Å². The molecule has 6 heteroatoms. The average Bonchev–Trinajstić information content (AvgIpc) is 2.37. The first kappa shape index (κ1) is 14.5. The molecule has 0 saturated carbocycles. The van der Waals surface area contributed by atoms with Gasteiger partial charge in [-0.25, -0.2) is 13.6 Å². The van der Waals surface area contributed by atoms with Crippen molar-refractivity contribution in [2.45, 2.75) is 6.54 Å². The zero-order valence-corrected chi connectivity index (χ0v) is 11.7. The van der Waals surface area contributed by atoms with Crippen molar-refractivity contribution in [3.05, 3.63) is 63.6 Å². The Morgan fingerprint density at radius 2 is 1.85 bits per heavy atom. The van der Waals surface area contributed by atoms with Crippen LogP contribution in [0.2, 0.25) is 0 Å². The molecule has 104 valence electrons. The second kappa shape index (κ2) is 6.00. The van der Waals surface area contributed by atoms with Gasteiger partial charge in [-0.15, -0.1) is 0 Å². The average molecular weight is 342 g/mol. The molecule has 0 amide bonds. The van der Waals surface area contributed by atoms with E-state index in [0.29, 0.717) is 0 Å². The molecule has 2 aromatic carbocycles. The summed E-state index contributed by atoms with van der Waals surface area (Å²) in [4.78, 5) is 10.7. The molecule has 0 fully saturated rings. The minimum Gasteiger partial charge on any atom is -0.478 e. The molecule has 0 spiro atoms. The van der Waals surface area contributed by atoms with E-state index in [1.807, 2.05) is 12.1 Å². The van der Waals surface area contributed by atoms with Gasteiger partial charge in [-0.3, -0.25) is 0 Å². The van der Waals surface area contributed by atoms with Gasteiger partial charge in [0, 0.05) is 11.0 Å². The van der Waals surface area contributed by atoms with Gasteiger partial charge in [0.2, 0.25) is 0 Å². The van der Waals surface area contributed by atoms with Crippen molar-refractivity contribution < 1.29 is 18.7 Å². The molecule has 3 nitrogen and oxygen atoms in total. The molecule has 2 N–H and O–H groups in total. The summed E-state index contributed by atoms with van der Waals surface area (Å²) in [5.74, 6) is -3.24. The van der Waals surface area contributed by atoms with Crippen LogP contribution in [0.5, 0.6) is 0 Å². The van der Waals surface area contributed by atoms with Crippen molar-refractivity contribution in [3.8, 4) is 0 Å². The van der Waals surface area contributed by atoms with Gasteiger partial charge in [0.05, 0.1) is 5.56 Å². The van der Waals surface area contributed by atoms with E-state index in [4.69, 9.17) is 5.11 Å². The Morgan fingerprint density at radius 1 is 1.20 bits per heavy atom. The van der Waals surface area contributed by atoms with Gasteiger partial charge in [-0.05, 0) is 29.8 Å². The lowest BCUT2D eigenvalue weighted by molar-refractivity contribution is 0.0696. The number of halogens is 3. The van der Waals surface area contributed by atoms with Crippen molar-refractivity contribution in [2.24, 2.45) is 0 Å². The fourth-order valence-corrected chi connectivity index (χ4v) is 2.15. The molecule has 0 aliphatic carbocycles. The normalized spacial score (nSPS) is 10.3. The maximum atomic E-state index is 13.7. The summed E-state index contributed by atoms with van der Waals surface area (Å²) in [6.45, 7) is 0.222. The van der Waals surface area contributed by atoms with Gasteiger partial charge in [0.15, 0.2) is 0 Å². The molecule has 2 rings (SSSR count). The third-order valence-electron chi connectivity index (χ3n) is 2.65. The van der Waals surface area contributed by atoms with E-state index in [-0.39, 0.29) is 12.2 Å². The fourth-order valence-electron chi connectivity index (χ4n) is 1.70. The minimum atomic E-state index is -1.37. The highest BCUT2D eigenvalue weighted by Gasteiger charge is 2.14. The molecule has 20 heavy (non-hydrogen) atoms. The highest BCUT2D eigenvalue weighted by molar-refractivity contribution is 9.10. The number of benzene rings is 2. The smallest absolute Gasteiger partial charge is 0.335 e. The molecular formula is C14H10BrF2NO2. The summed E-state index contributed by atoms with van der Waals surface area (Å²) in [6, 6.07) is 8.84. The molecule has 0 aliphatic rings. The van der Waals surface area contributed by atoms with Gasteiger partial charge in [-0.2, -0.15) is 0 Å². The zero-order valence-electron chi connectivity index (χ0n) is 10.2. The van der Waals surface area contributed by atoms with Crippen LogP contribution in [-0.4, -0.2) is 11.1 Å². The molecule has 0 unspecified atom stereocenters. The van der Waals surface area contributed by atoms with Crippen LogP contribution in [0, 0.1) is 11.6 Å². The quantitative estimate of drug-likeness (QED) is 0.882. The first-order chi connectivity index (χ1) is 9.47. The lowest BCUT2D eigenvalue weighted by Gasteiger charge is -2.10. The monoisotopic (exact) mass is 341 g/mol. The number of hydrogen-bond donors (Lipinski definition) is 2. The van der Waals surface area contributed by atoms with Gasteiger partial charge in [0.1, 0.15) is 17.3 Å². The third kappa shape index (κ3) is 3.33. The van der Waals surface area contributed by atoms with Gasteiger partial charge < -0.3 is 10.4 Å². The Hall–Kier alpha value is -1.95. The van der Waals surface area contributed by atoms with E-state index in [1.54, 1.807) is 12.1 Å². The van der Waals surface area contributed by atoms with Crippen LogP contribution < -0.4 is 5.32 Å². The topological polar surface area (TPSA) is 49.3 Å². The van der Waals surface area contributed by atoms with Gasteiger partial charge in [-0.1, -0.05) is 28.1 Å². The Labute approximate surface area is 122 Å². The number of rotatable bonds is 4. The van der Waals surface area contributed by atoms with Crippen molar-refractivity contribution >= 4 is 27.6 Å². The van der Waals surface area contributed by atoms with Crippen LogP contribution >= 0.6 is 15.9 Å². The van der Waals surface area contributed by atoms with Crippen molar-refractivity contribution in [1.82, 2.24) is 0 Å². The second-order valence-electron chi connectivity index (χ2n) is 4.10. The fraction of sp³-hybridized carbons (Fsp3) is 0.0714. The molecule has 0 aliphatic heterocycles. The third-order valence-corrected chi connectivity index (χ3v) is 3.14. The van der Waals surface area contributed by atoms with Crippen LogP contribution in [0.25, 0.3) is 0 Å². The summed E-state index contributed by atoms with van der Waals surface area (Å²) in [6.07, 6.45) is 0. The maximum Gasteiger partial charge on any atom is 0.335 e. The summed E-state index contributed by atoms with van der Waals surface area (Å²) >= 11 is 3.30. The molecule has 0 radical (unpaired) electrons. The molecule has 0 heterocycles. The Bertz CT molecular complexity index is 638. The van der Waals surface area contributed by atoms with Crippen LogP contribution in [0.4, 0.5) is 14.5 Å².